The van der Waals surface area contributed by atoms with Crippen LogP contribution in [-0.2, 0) is 0 Å². The molecule has 0 aliphatic carbocycles. The van der Waals surface area contributed by atoms with E-state index in [0.717, 1.165) is 22.1 Å². The molecule has 2 aromatic rings. The molecule has 1 atom stereocenters. The molecule has 0 fully saturated rings. The van der Waals surface area contributed by atoms with Crippen LogP contribution in [0.4, 0.5) is 0 Å². The summed E-state index contributed by atoms with van der Waals surface area (Å²) in [5.41, 5.74) is 1.59. The average Bonchev–Trinajstić information content (AvgIpc) is 2.89. The van der Waals surface area contributed by atoms with Gasteiger partial charge in [-0.1, -0.05) is 30.4 Å². The van der Waals surface area contributed by atoms with E-state index >= 15 is 0 Å². The number of nitriles is 1. The summed E-state index contributed by atoms with van der Waals surface area (Å²) in [6, 6.07) is 9.77. The second kappa shape index (κ2) is 5.71. The molecule has 1 aromatic carbocycles. The van der Waals surface area contributed by atoms with Gasteiger partial charge in [-0.2, -0.15) is 5.26 Å². The summed E-state index contributed by atoms with van der Waals surface area (Å²) in [5, 5.41) is 22.4. The van der Waals surface area contributed by atoms with E-state index in [1.165, 1.54) is 0 Å². The van der Waals surface area contributed by atoms with Gasteiger partial charge < -0.3 is 5.32 Å². The third-order valence-electron chi connectivity index (χ3n) is 2.56. The summed E-state index contributed by atoms with van der Waals surface area (Å²) in [4.78, 5) is 0. The molecule has 4 nitrogen and oxygen atoms in total. The first-order chi connectivity index (χ1) is 8.74. The summed E-state index contributed by atoms with van der Waals surface area (Å²) >= 11 is 1.56. The molecule has 0 spiro atoms. The lowest BCUT2D eigenvalue weighted by molar-refractivity contribution is 0.590. The van der Waals surface area contributed by atoms with Gasteiger partial charge in [-0.05, 0) is 25.6 Å². The van der Waals surface area contributed by atoms with Gasteiger partial charge >= 0.3 is 0 Å². The molecule has 0 bridgehead atoms. The first kappa shape index (κ1) is 12.7. The van der Waals surface area contributed by atoms with Crippen molar-refractivity contribution in [2.24, 2.45) is 0 Å². The minimum absolute atomic E-state index is 0.209. The predicted octanol–water partition coefficient (Wildman–Crippen LogP) is 2.75. The van der Waals surface area contributed by atoms with Crippen LogP contribution in [0, 0.1) is 11.3 Å². The zero-order valence-electron chi connectivity index (χ0n) is 10.3. The molecular formula is C13H14N4S. The summed E-state index contributed by atoms with van der Waals surface area (Å²) in [5.74, 6) is 0. The van der Waals surface area contributed by atoms with Crippen LogP contribution in [0.25, 0.3) is 10.6 Å². The van der Waals surface area contributed by atoms with Crippen molar-refractivity contribution in [3.8, 4) is 16.6 Å². The van der Waals surface area contributed by atoms with Crippen molar-refractivity contribution in [3.05, 3.63) is 34.8 Å². The molecule has 0 aliphatic rings. The highest BCUT2D eigenvalue weighted by Crippen LogP contribution is 2.27. The molecule has 1 heterocycles. The number of nitrogens with one attached hydrogen (secondary N) is 1. The van der Waals surface area contributed by atoms with Crippen LogP contribution in [0.5, 0.6) is 0 Å². The fraction of sp³-hybridized carbons (Fsp3) is 0.308. The number of rotatable bonds is 4. The number of nitrogens with zero attached hydrogens (tertiary/aromatic N) is 3. The maximum atomic E-state index is 8.88. The third kappa shape index (κ3) is 2.73. The molecule has 1 aromatic heterocycles. The fourth-order valence-electron chi connectivity index (χ4n) is 1.64. The molecule has 0 saturated carbocycles. The van der Waals surface area contributed by atoms with Gasteiger partial charge in [-0.15, -0.1) is 10.2 Å². The minimum atomic E-state index is 0.209. The van der Waals surface area contributed by atoms with Gasteiger partial charge in [0.1, 0.15) is 10.0 Å². The first-order valence-electron chi connectivity index (χ1n) is 5.82. The van der Waals surface area contributed by atoms with Crippen molar-refractivity contribution in [3.63, 3.8) is 0 Å². The zero-order chi connectivity index (χ0) is 13.0. The van der Waals surface area contributed by atoms with Crippen LogP contribution in [0.15, 0.2) is 24.3 Å². The van der Waals surface area contributed by atoms with E-state index in [0.29, 0.717) is 5.56 Å². The molecular weight excluding hydrogens is 244 g/mol. The molecule has 1 unspecified atom stereocenters. The smallest absolute Gasteiger partial charge is 0.147 e. The lowest BCUT2D eigenvalue weighted by Crippen LogP contribution is -2.17. The molecule has 1 N–H and O–H groups in total. The topological polar surface area (TPSA) is 61.6 Å². The van der Waals surface area contributed by atoms with Crippen molar-refractivity contribution >= 4 is 11.3 Å². The van der Waals surface area contributed by atoms with E-state index in [4.69, 9.17) is 5.26 Å². The van der Waals surface area contributed by atoms with Crippen molar-refractivity contribution in [2.75, 3.05) is 6.54 Å². The van der Waals surface area contributed by atoms with E-state index in [9.17, 15) is 0 Å². The molecule has 92 valence electrons. The highest BCUT2D eigenvalue weighted by Gasteiger charge is 2.12. The number of aromatic nitrogens is 2. The molecule has 0 aliphatic heterocycles. The third-order valence-corrected chi connectivity index (χ3v) is 3.72. The van der Waals surface area contributed by atoms with Gasteiger partial charge in [0.05, 0.1) is 17.7 Å². The minimum Gasteiger partial charge on any atom is -0.308 e. The van der Waals surface area contributed by atoms with Gasteiger partial charge in [0.15, 0.2) is 0 Å². The molecule has 2 rings (SSSR count). The van der Waals surface area contributed by atoms with Gasteiger partial charge in [0.2, 0.25) is 0 Å². The first-order valence-corrected chi connectivity index (χ1v) is 6.63. The Morgan fingerprint density at radius 1 is 1.44 bits per heavy atom. The Kier molecular flexibility index (Phi) is 4.03. The highest BCUT2D eigenvalue weighted by atomic mass is 32.1. The maximum absolute atomic E-state index is 8.88. The largest absolute Gasteiger partial charge is 0.308 e. The Hall–Kier alpha value is -1.77. The van der Waals surface area contributed by atoms with E-state index in [-0.39, 0.29) is 6.04 Å². The SMILES string of the molecule is CCNC(C)c1nnc(-c2cccc(C#N)c2)s1. The van der Waals surface area contributed by atoms with E-state index in [1.54, 1.807) is 17.4 Å². The summed E-state index contributed by atoms with van der Waals surface area (Å²) < 4.78 is 0. The van der Waals surface area contributed by atoms with Crippen LogP contribution in [0.2, 0.25) is 0 Å². The quantitative estimate of drug-likeness (QED) is 0.916. The van der Waals surface area contributed by atoms with Crippen molar-refractivity contribution in [1.82, 2.24) is 15.5 Å². The average molecular weight is 258 g/mol. The van der Waals surface area contributed by atoms with Crippen LogP contribution in [0.3, 0.4) is 0 Å². The molecule has 0 radical (unpaired) electrons. The summed E-state index contributed by atoms with van der Waals surface area (Å²) in [7, 11) is 0. The highest BCUT2D eigenvalue weighted by molar-refractivity contribution is 7.14. The zero-order valence-corrected chi connectivity index (χ0v) is 11.2. The normalized spacial score (nSPS) is 12.1. The number of hydrogen-bond donors (Lipinski definition) is 1. The van der Waals surface area contributed by atoms with Crippen molar-refractivity contribution in [2.45, 2.75) is 19.9 Å². The van der Waals surface area contributed by atoms with E-state index in [1.807, 2.05) is 18.2 Å². The van der Waals surface area contributed by atoms with Crippen molar-refractivity contribution in [1.29, 1.82) is 5.26 Å². The molecule has 0 amide bonds. The summed E-state index contributed by atoms with van der Waals surface area (Å²) in [6.07, 6.45) is 0. The Morgan fingerprint density at radius 3 is 3.00 bits per heavy atom. The lowest BCUT2D eigenvalue weighted by Gasteiger charge is -2.06. The standard InChI is InChI=1S/C13H14N4S/c1-3-15-9(2)12-16-17-13(18-12)11-6-4-5-10(7-11)8-14/h4-7,9,15H,3H2,1-2H3. The lowest BCUT2D eigenvalue weighted by atomic mass is 10.1. The predicted molar refractivity (Wildman–Crippen MR) is 72.2 cm³/mol. The summed E-state index contributed by atoms with van der Waals surface area (Å²) in [6.45, 7) is 5.04. The Balaban J connectivity index is 2.26. The Labute approximate surface area is 110 Å². The molecule has 5 heteroatoms. The van der Waals surface area contributed by atoms with E-state index < -0.39 is 0 Å². The van der Waals surface area contributed by atoms with Crippen LogP contribution in [0.1, 0.15) is 30.5 Å². The Morgan fingerprint density at radius 2 is 2.28 bits per heavy atom. The molecule has 18 heavy (non-hydrogen) atoms. The van der Waals surface area contributed by atoms with E-state index in [2.05, 4.69) is 35.4 Å². The number of hydrogen-bond acceptors (Lipinski definition) is 5. The monoisotopic (exact) mass is 258 g/mol. The Bertz CT molecular complexity index is 570. The van der Waals surface area contributed by atoms with Crippen LogP contribution in [-0.4, -0.2) is 16.7 Å². The second-order valence-electron chi connectivity index (χ2n) is 3.92. The second-order valence-corrected chi connectivity index (χ2v) is 4.93. The van der Waals surface area contributed by atoms with Gasteiger partial charge in [0.25, 0.3) is 0 Å². The van der Waals surface area contributed by atoms with Crippen molar-refractivity contribution < 1.29 is 0 Å². The number of benzene rings is 1. The van der Waals surface area contributed by atoms with Crippen LogP contribution >= 0.6 is 11.3 Å². The van der Waals surface area contributed by atoms with Crippen LogP contribution < -0.4 is 5.32 Å². The van der Waals surface area contributed by atoms with Gasteiger partial charge in [-0.25, -0.2) is 0 Å². The maximum Gasteiger partial charge on any atom is 0.147 e. The molecule has 0 saturated heterocycles. The fourth-order valence-corrected chi connectivity index (χ4v) is 2.51. The van der Waals surface area contributed by atoms with Gasteiger partial charge in [0, 0.05) is 5.56 Å². The van der Waals surface area contributed by atoms with Gasteiger partial charge in [-0.3, -0.25) is 0 Å².